The van der Waals surface area contributed by atoms with Gasteiger partial charge in [0.05, 0.1) is 4.88 Å². The van der Waals surface area contributed by atoms with Gasteiger partial charge in [-0.1, -0.05) is 6.07 Å². The van der Waals surface area contributed by atoms with Crippen LogP contribution in [0.2, 0.25) is 0 Å². The van der Waals surface area contributed by atoms with Gasteiger partial charge in [0.25, 0.3) is 5.91 Å². The van der Waals surface area contributed by atoms with Crippen LogP contribution in [0.25, 0.3) is 0 Å². The molecule has 0 saturated heterocycles. The summed E-state index contributed by atoms with van der Waals surface area (Å²) in [5, 5.41) is 2.85. The Hall–Kier alpha value is -1.85. The van der Waals surface area contributed by atoms with Crippen molar-refractivity contribution in [2.45, 2.75) is 6.92 Å². The van der Waals surface area contributed by atoms with Crippen LogP contribution >= 0.6 is 11.3 Å². The molecular formula is C14H16N2O2S. The van der Waals surface area contributed by atoms with Gasteiger partial charge in [0, 0.05) is 23.2 Å². The fourth-order valence-corrected chi connectivity index (χ4v) is 2.35. The average molecular weight is 276 g/mol. The van der Waals surface area contributed by atoms with Gasteiger partial charge in [-0.3, -0.25) is 4.79 Å². The monoisotopic (exact) mass is 276 g/mol. The third-order valence-electron chi connectivity index (χ3n) is 2.44. The van der Waals surface area contributed by atoms with Crippen LogP contribution in [0, 0.1) is 6.92 Å². The lowest BCUT2D eigenvalue weighted by Crippen LogP contribution is -2.12. The van der Waals surface area contributed by atoms with Gasteiger partial charge in [0.1, 0.15) is 12.4 Å². The van der Waals surface area contributed by atoms with E-state index in [0.29, 0.717) is 29.5 Å². The molecule has 1 amide bonds. The minimum atomic E-state index is -0.103. The number of carbonyl (C=O) groups excluding carboxylic acids is 1. The first-order valence-corrected chi connectivity index (χ1v) is 6.81. The van der Waals surface area contributed by atoms with Gasteiger partial charge in [-0.25, -0.2) is 0 Å². The number of nitrogens with one attached hydrogen (secondary N) is 1. The second kappa shape index (κ2) is 6.36. The number of thiophene rings is 1. The van der Waals surface area contributed by atoms with Gasteiger partial charge in [0.2, 0.25) is 0 Å². The molecule has 0 saturated carbocycles. The minimum absolute atomic E-state index is 0.103. The summed E-state index contributed by atoms with van der Waals surface area (Å²) in [5.41, 5.74) is 6.09. The van der Waals surface area contributed by atoms with Gasteiger partial charge in [-0.05, 0) is 31.2 Å². The average Bonchev–Trinajstić information content (AvgIpc) is 2.83. The molecule has 0 fully saturated rings. The third-order valence-corrected chi connectivity index (χ3v) is 3.44. The summed E-state index contributed by atoms with van der Waals surface area (Å²) in [6.07, 6.45) is 0. The molecule has 1 aromatic heterocycles. The van der Waals surface area contributed by atoms with E-state index in [-0.39, 0.29) is 5.91 Å². The summed E-state index contributed by atoms with van der Waals surface area (Å²) in [6, 6.07) is 11.0. The van der Waals surface area contributed by atoms with E-state index in [1.165, 1.54) is 11.3 Å². The zero-order chi connectivity index (χ0) is 13.7. The van der Waals surface area contributed by atoms with E-state index in [2.05, 4.69) is 5.32 Å². The van der Waals surface area contributed by atoms with E-state index in [4.69, 9.17) is 10.5 Å². The molecular weight excluding hydrogens is 260 g/mol. The normalized spacial score (nSPS) is 10.2. The van der Waals surface area contributed by atoms with Gasteiger partial charge < -0.3 is 15.8 Å². The molecule has 19 heavy (non-hydrogen) atoms. The summed E-state index contributed by atoms with van der Waals surface area (Å²) in [4.78, 5) is 13.8. The van der Waals surface area contributed by atoms with Crippen LogP contribution < -0.4 is 15.8 Å². The maximum absolute atomic E-state index is 12.0. The smallest absolute Gasteiger partial charge is 0.265 e. The fraction of sp³-hybridized carbons (Fsp3) is 0.214. The second-order valence-corrected chi connectivity index (χ2v) is 5.32. The predicted molar refractivity (Wildman–Crippen MR) is 78.0 cm³/mol. The molecule has 0 radical (unpaired) electrons. The topological polar surface area (TPSA) is 64.3 Å². The highest BCUT2D eigenvalue weighted by atomic mass is 32.1. The summed E-state index contributed by atoms with van der Waals surface area (Å²) in [6.45, 7) is 2.90. The maximum Gasteiger partial charge on any atom is 0.265 e. The van der Waals surface area contributed by atoms with Crippen LogP contribution in [0.3, 0.4) is 0 Å². The first kappa shape index (κ1) is 13.6. The summed E-state index contributed by atoms with van der Waals surface area (Å²) in [7, 11) is 0. The number of aryl methyl sites for hydroxylation is 1. The van der Waals surface area contributed by atoms with Gasteiger partial charge in [-0.15, -0.1) is 11.3 Å². The van der Waals surface area contributed by atoms with Gasteiger partial charge in [-0.2, -0.15) is 0 Å². The molecule has 0 bridgehead atoms. The largest absolute Gasteiger partial charge is 0.492 e. The molecule has 100 valence electrons. The molecule has 1 heterocycles. The molecule has 3 N–H and O–H groups in total. The Kier molecular flexibility index (Phi) is 4.54. The number of carbonyl (C=O) groups is 1. The van der Waals surface area contributed by atoms with E-state index in [1.54, 1.807) is 6.07 Å². The second-order valence-electron chi connectivity index (χ2n) is 4.03. The molecule has 1 aromatic carbocycles. The molecule has 2 aromatic rings. The number of rotatable bonds is 5. The Morgan fingerprint density at radius 2 is 2.21 bits per heavy atom. The van der Waals surface area contributed by atoms with E-state index >= 15 is 0 Å². The fourth-order valence-electron chi connectivity index (χ4n) is 1.59. The molecule has 0 unspecified atom stereocenters. The van der Waals surface area contributed by atoms with Crippen molar-refractivity contribution >= 4 is 22.9 Å². The molecule has 0 atom stereocenters. The zero-order valence-corrected chi connectivity index (χ0v) is 11.5. The molecule has 0 spiro atoms. The Morgan fingerprint density at radius 1 is 1.37 bits per heavy atom. The number of benzene rings is 1. The van der Waals surface area contributed by atoms with E-state index in [0.717, 1.165) is 4.88 Å². The number of anilines is 1. The van der Waals surface area contributed by atoms with Crippen molar-refractivity contribution in [2.75, 3.05) is 18.5 Å². The summed E-state index contributed by atoms with van der Waals surface area (Å²) < 4.78 is 5.41. The lowest BCUT2D eigenvalue weighted by atomic mass is 10.3. The Morgan fingerprint density at radius 3 is 2.89 bits per heavy atom. The lowest BCUT2D eigenvalue weighted by Gasteiger charge is -2.07. The van der Waals surface area contributed by atoms with Crippen LogP contribution in [0.5, 0.6) is 5.75 Å². The Bertz CT molecular complexity index is 566. The van der Waals surface area contributed by atoms with Crippen LogP contribution in [0.1, 0.15) is 14.5 Å². The zero-order valence-electron chi connectivity index (χ0n) is 10.7. The highest BCUT2D eigenvalue weighted by Crippen LogP contribution is 2.20. The SMILES string of the molecule is Cc1ccc(C(=O)Nc2cccc(OCCN)c2)s1. The molecule has 4 nitrogen and oxygen atoms in total. The van der Waals surface area contributed by atoms with Crippen molar-refractivity contribution in [1.29, 1.82) is 0 Å². The number of ether oxygens (including phenoxy) is 1. The highest BCUT2D eigenvalue weighted by Gasteiger charge is 2.08. The van der Waals surface area contributed by atoms with E-state index in [9.17, 15) is 4.79 Å². The molecule has 0 aliphatic carbocycles. The quantitative estimate of drug-likeness (QED) is 0.882. The molecule has 0 aliphatic rings. The maximum atomic E-state index is 12.0. The lowest BCUT2D eigenvalue weighted by molar-refractivity contribution is 0.103. The van der Waals surface area contributed by atoms with Crippen molar-refractivity contribution in [2.24, 2.45) is 5.73 Å². The van der Waals surface area contributed by atoms with Crippen LogP contribution in [-0.2, 0) is 0 Å². The van der Waals surface area contributed by atoms with Crippen LogP contribution in [0.15, 0.2) is 36.4 Å². The van der Waals surface area contributed by atoms with Crippen LogP contribution in [-0.4, -0.2) is 19.1 Å². The van der Waals surface area contributed by atoms with Gasteiger partial charge >= 0.3 is 0 Å². The van der Waals surface area contributed by atoms with Crippen molar-refractivity contribution in [3.63, 3.8) is 0 Å². The number of nitrogens with two attached hydrogens (primary N) is 1. The predicted octanol–water partition coefficient (Wildman–Crippen LogP) is 2.65. The van der Waals surface area contributed by atoms with Crippen molar-refractivity contribution in [3.8, 4) is 5.75 Å². The van der Waals surface area contributed by atoms with Crippen molar-refractivity contribution in [3.05, 3.63) is 46.2 Å². The first-order valence-electron chi connectivity index (χ1n) is 6.00. The molecule has 0 aliphatic heterocycles. The van der Waals surface area contributed by atoms with Crippen molar-refractivity contribution in [1.82, 2.24) is 0 Å². The van der Waals surface area contributed by atoms with Crippen molar-refractivity contribution < 1.29 is 9.53 Å². The summed E-state index contributed by atoms with van der Waals surface area (Å²) >= 11 is 1.47. The standard InChI is InChI=1S/C14H16N2O2S/c1-10-5-6-13(19-10)14(17)16-11-3-2-4-12(9-11)18-8-7-15/h2-6,9H,7-8,15H2,1H3,(H,16,17). The number of amides is 1. The third kappa shape index (κ3) is 3.81. The molecule has 2 rings (SSSR count). The van der Waals surface area contributed by atoms with Crippen LogP contribution in [0.4, 0.5) is 5.69 Å². The summed E-state index contributed by atoms with van der Waals surface area (Å²) in [5.74, 6) is 0.597. The highest BCUT2D eigenvalue weighted by molar-refractivity contribution is 7.14. The first-order chi connectivity index (χ1) is 9.19. The van der Waals surface area contributed by atoms with Gasteiger partial charge in [0.15, 0.2) is 0 Å². The van der Waals surface area contributed by atoms with E-state index in [1.807, 2.05) is 37.3 Å². The minimum Gasteiger partial charge on any atom is -0.492 e. The number of hydrogen-bond donors (Lipinski definition) is 2. The Balaban J connectivity index is 2.04. The van der Waals surface area contributed by atoms with E-state index < -0.39 is 0 Å². The Labute approximate surface area is 116 Å². The number of hydrogen-bond acceptors (Lipinski definition) is 4. The molecule has 5 heteroatoms.